The number of hydrogen-bond acceptors (Lipinski definition) is 4. The molecule has 0 saturated carbocycles. The summed E-state index contributed by atoms with van der Waals surface area (Å²) in [5.41, 5.74) is 7.85. The zero-order valence-corrected chi connectivity index (χ0v) is 14.0. The van der Waals surface area contributed by atoms with Crippen LogP contribution in [0.25, 0.3) is 0 Å². The normalized spacial score (nSPS) is 17.9. The Morgan fingerprint density at radius 3 is 2.83 bits per heavy atom. The van der Waals surface area contributed by atoms with Gasteiger partial charge < -0.3 is 16.2 Å². The average molecular weight is 319 g/mol. The van der Waals surface area contributed by atoms with E-state index in [2.05, 4.69) is 16.3 Å². The van der Waals surface area contributed by atoms with Crippen LogP contribution in [0.1, 0.15) is 38.2 Å². The van der Waals surface area contributed by atoms with Gasteiger partial charge in [-0.1, -0.05) is 25.5 Å². The fourth-order valence-electron chi connectivity index (χ4n) is 3.01. The lowest BCUT2D eigenvalue weighted by Gasteiger charge is -2.31. The van der Waals surface area contributed by atoms with Crippen LogP contribution in [0.5, 0.6) is 0 Å². The summed E-state index contributed by atoms with van der Waals surface area (Å²) in [6.45, 7) is 5.23. The Balaban J connectivity index is 1.88. The number of anilines is 1. The molecule has 1 aromatic rings. The molecular weight excluding hydrogens is 290 g/mol. The smallest absolute Gasteiger partial charge is 0.241 e. The van der Waals surface area contributed by atoms with Crippen molar-refractivity contribution in [3.8, 4) is 0 Å². The van der Waals surface area contributed by atoms with Gasteiger partial charge in [0.05, 0.1) is 6.04 Å². The Morgan fingerprint density at radius 1 is 1.43 bits per heavy atom. The molecule has 1 aliphatic heterocycles. The van der Waals surface area contributed by atoms with Gasteiger partial charge in [-0.25, -0.2) is 0 Å². The van der Waals surface area contributed by atoms with Gasteiger partial charge >= 0.3 is 0 Å². The van der Waals surface area contributed by atoms with Crippen LogP contribution in [0.4, 0.5) is 5.69 Å². The van der Waals surface area contributed by atoms with Crippen LogP contribution < -0.4 is 11.1 Å². The van der Waals surface area contributed by atoms with Crippen LogP contribution in [0, 0.1) is 5.92 Å². The quantitative estimate of drug-likeness (QED) is 0.718. The molecule has 1 atom stereocenters. The monoisotopic (exact) mass is 319 g/mol. The van der Waals surface area contributed by atoms with Gasteiger partial charge in [-0.15, -0.1) is 0 Å². The molecule has 0 aliphatic carbocycles. The Kier molecular flexibility index (Phi) is 7.02. The maximum atomic E-state index is 12.0. The van der Waals surface area contributed by atoms with E-state index in [0.717, 1.165) is 44.6 Å². The second-order valence-electron chi connectivity index (χ2n) is 6.49. The van der Waals surface area contributed by atoms with E-state index in [1.54, 1.807) is 0 Å². The minimum atomic E-state index is -0.443. The third kappa shape index (κ3) is 5.61. The summed E-state index contributed by atoms with van der Waals surface area (Å²) in [4.78, 5) is 14.4. The van der Waals surface area contributed by atoms with Crippen molar-refractivity contribution in [3.05, 3.63) is 29.8 Å². The number of piperidine rings is 1. The largest absolute Gasteiger partial charge is 0.396 e. The van der Waals surface area contributed by atoms with Crippen molar-refractivity contribution in [2.45, 2.75) is 45.2 Å². The van der Waals surface area contributed by atoms with Crippen molar-refractivity contribution in [1.29, 1.82) is 0 Å². The molecule has 1 amide bonds. The highest BCUT2D eigenvalue weighted by atomic mass is 16.3. The van der Waals surface area contributed by atoms with Gasteiger partial charge in [-0.2, -0.15) is 0 Å². The third-order valence-corrected chi connectivity index (χ3v) is 4.50. The predicted octanol–water partition coefficient (Wildman–Crippen LogP) is 1.96. The molecule has 0 bridgehead atoms. The van der Waals surface area contributed by atoms with Gasteiger partial charge in [0.2, 0.25) is 5.91 Å². The maximum absolute atomic E-state index is 12.0. The molecule has 0 aromatic heterocycles. The van der Waals surface area contributed by atoms with Crippen molar-refractivity contribution >= 4 is 11.6 Å². The molecule has 1 saturated heterocycles. The fraction of sp³-hybridized carbons (Fsp3) is 0.611. The number of benzene rings is 1. The molecule has 23 heavy (non-hydrogen) atoms. The second-order valence-corrected chi connectivity index (χ2v) is 6.49. The molecule has 4 N–H and O–H groups in total. The highest BCUT2D eigenvalue weighted by Crippen LogP contribution is 2.19. The molecule has 0 spiro atoms. The highest BCUT2D eigenvalue weighted by Gasteiger charge is 2.18. The number of amides is 1. The highest BCUT2D eigenvalue weighted by molar-refractivity contribution is 5.94. The van der Waals surface area contributed by atoms with Gasteiger partial charge in [0.15, 0.2) is 0 Å². The van der Waals surface area contributed by atoms with Crippen molar-refractivity contribution in [1.82, 2.24) is 4.90 Å². The topological polar surface area (TPSA) is 78.6 Å². The van der Waals surface area contributed by atoms with Gasteiger partial charge in [0.25, 0.3) is 0 Å². The molecule has 2 rings (SSSR count). The van der Waals surface area contributed by atoms with E-state index in [9.17, 15) is 9.90 Å². The summed E-state index contributed by atoms with van der Waals surface area (Å²) in [5.74, 6) is 0.338. The number of likely N-dealkylation sites (tertiary alicyclic amines) is 1. The molecule has 0 radical (unpaired) electrons. The molecule has 1 unspecified atom stereocenters. The molecule has 128 valence electrons. The second kappa shape index (κ2) is 9.01. The van der Waals surface area contributed by atoms with E-state index < -0.39 is 6.04 Å². The van der Waals surface area contributed by atoms with Crippen LogP contribution in [0.15, 0.2) is 24.3 Å². The van der Waals surface area contributed by atoms with Crippen molar-refractivity contribution in [2.75, 3.05) is 25.0 Å². The molecular formula is C18H29N3O2. The molecule has 1 aliphatic rings. The third-order valence-electron chi connectivity index (χ3n) is 4.50. The Hall–Kier alpha value is -1.43. The van der Waals surface area contributed by atoms with Crippen molar-refractivity contribution in [3.63, 3.8) is 0 Å². The number of nitrogens with two attached hydrogens (primary N) is 1. The predicted molar refractivity (Wildman–Crippen MR) is 93.0 cm³/mol. The molecule has 1 fully saturated rings. The van der Waals surface area contributed by atoms with Crippen LogP contribution in [0.3, 0.4) is 0 Å². The summed E-state index contributed by atoms with van der Waals surface area (Å²) in [7, 11) is 0. The lowest BCUT2D eigenvalue weighted by atomic mass is 9.97. The fourth-order valence-corrected chi connectivity index (χ4v) is 3.01. The van der Waals surface area contributed by atoms with Gasteiger partial charge in [0, 0.05) is 18.8 Å². The van der Waals surface area contributed by atoms with Crippen LogP contribution in [-0.2, 0) is 11.3 Å². The SMILES string of the molecule is CCCC(N)C(=O)Nc1cccc(CN2CCC(CO)CC2)c1. The van der Waals surface area contributed by atoms with Crippen LogP contribution >= 0.6 is 0 Å². The molecule has 5 heteroatoms. The van der Waals surface area contributed by atoms with Gasteiger partial charge in [-0.05, 0) is 56.0 Å². The minimum Gasteiger partial charge on any atom is -0.396 e. The molecule has 1 aromatic carbocycles. The van der Waals surface area contributed by atoms with E-state index in [-0.39, 0.29) is 5.91 Å². The molecule has 1 heterocycles. The summed E-state index contributed by atoms with van der Waals surface area (Å²) in [6.07, 6.45) is 3.71. The van der Waals surface area contributed by atoms with E-state index in [1.807, 2.05) is 25.1 Å². The Labute approximate surface area is 138 Å². The standard InChI is InChI=1S/C18H29N3O2/c1-2-4-17(19)18(23)20-16-6-3-5-15(11-16)12-21-9-7-14(13-22)8-10-21/h3,5-6,11,14,17,22H,2,4,7-10,12-13,19H2,1H3,(H,20,23). The number of nitrogens with zero attached hydrogens (tertiary/aromatic N) is 1. The van der Waals surface area contributed by atoms with Crippen LogP contribution in [0.2, 0.25) is 0 Å². The van der Waals surface area contributed by atoms with Crippen molar-refractivity contribution in [2.24, 2.45) is 11.7 Å². The maximum Gasteiger partial charge on any atom is 0.241 e. The number of hydrogen-bond donors (Lipinski definition) is 3. The van der Waals surface area contributed by atoms with Gasteiger partial charge in [-0.3, -0.25) is 9.69 Å². The van der Waals surface area contributed by atoms with Crippen LogP contribution in [-0.4, -0.2) is 41.7 Å². The summed E-state index contributed by atoms with van der Waals surface area (Å²) >= 11 is 0. The summed E-state index contributed by atoms with van der Waals surface area (Å²) in [5, 5.41) is 12.1. The number of aliphatic hydroxyl groups is 1. The zero-order valence-electron chi connectivity index (χ0n) is 14.0. The Morgan fingerprint density at radius 2 is 2.17 bits per heavy atom. The van der Waals surface area contributed by atoms with E-state index in [0.29, 0.717) is 18.9 Å². The summed E-state index contributed by atoms with van der Waals surface area (Å²) in [6, 6.07) is 7.53. The first-order valence-electron chi connectivity index (χ1n) is 8.61. The molecule has 5 nitrogen and oxygen atoms in total. The first-order valence-corrected chi connectivity index (χ1v) is 8.61. The van der Waals surface area contributed by atoms with E-state index >= 15 is 0 Å². The first kappa shape index (κ1) is 17.9. The lowest BCUT2D eigenvalue weighted by Crippen LogP contribution is -2.35. The number of rotatable bonds is 7. The average Bonchev–Trinajstić information content (AvgIpc) is 2.56. The van der Waals surface area contributed by atoms with E-state index in [1.165, 1.54) is 5.56 Å². The summed E-state index contributed by atoms with van der Waals surface area (Å²) < 4.78 is 0. The number of carbonyl (C=O) groups excluding carboxylic acids is 1. The number of nitrogens with one attached hydrogen (secondary N) is 1. The zero-order chi connectivity index (χ0) is 16.7. The lowest BCUT2D eigenvalue weighted by molar-refractivity contribution is -0.117. The van der Waals surface area contributed by atoms with Crippen molar-refractivity contribution < 1.29 is 9.90 Å². The van der Waals surface area contributed by atoms with E-state index in [4.69, 9.17) is 5.73 Å². The Bertz CT molecular complexity index is 499. The number of carbonyl (C=O) groups is 1. The minimum absolute atomic E-state index is 0.118. The first-order chi connectivity index (χ1) is 11.1. The number of aliphatic hydroxyl groups excluding tert-OH is 1. The van der Waals surface area contributed by atoms with Gasteiger partial charge in [0.1, 0.15) is 0 Å².